The zero-order chi connectivity index (χ0) is 14.2. The van der Waals surface area contributed by atoms with E-state index in [2.05, 4.69) is 50.4 Å². The second-order valence-electron chi connectivity index (χ2n) is 5.81. The molecule has 4 nitrogen and oxygen atoms in total. The highest BCUT2D eigenvalue weighted by Crippen LogP contribution is 2.08. The van der Waals surface area contributed by atoms with Crippen LogP contribution in [0.4, 0.5) is 0 Å². The average Bonchev–Trinajstić information content (AvgIpc) is 2.31. The van der Waals surface area contributed by atoms with Crippen molar-refractivity contribution in [1.29, 1.82) is 0 Å². The molecule has 0 bridgehead atoms. The Bertz CT molecular complexity index is 239. The molecule has 1 atom stereocenters. The van der Waals surface area contributed by atoms with E-state index >= 15 is 0 Å². The number of nitrogens with zero attached hydrogens (tertiary/aromatic N) is 1. The van der Waals surface area contributed by atoms with Gasteiger partial charge in [0.1, 0.15) is 0 Å². The lowest BCUT2D eigenvalue weighted by Crippen LogP contribution is -2.52. The first-order chi connectivity index (χ1) is 8.31. The van der Waals surface area contributed by atoms with E-state index in [1.165, 1.54) is 12.8 Å². The third kappa shape index (κ3) is 6.97. The Hall–Kier alpha value is -0.610. The molecule has 1 amide bonds. The van der Waals surface area contributed by atoms with Crippen LogP contribution in [0, 0.1) is 0 Å². The highest BCUT2D eigenvalue weighted by Gasteiger charge is 2.22. The number of hydrogen-bond donors (Lipinski definition) is 2. The first-order valence-electron chi connectivity index (χ1n) is 6.99. The quantitative estimate of drug-likeness (QED) is 0.617. The highest BCUT2D eigenvalue weighted by atomic mass is 16.2. The molecule has 0 aromatic heterocycles. The van der Waals surface area contributed by atoms with Gasteiger partial charge in [0.2, 0.25) is 5.91 Å². The number of hydrogen-bond acceptors (Lipinski definition) is 3. The van der Waals surface area contributed by atoms with Crippen LogP contribution in [-0.2, 0) is 4.79 Å². The molecular formula is C14H31N3O. The van der Waals surface area contributed by atoms with Crippen molar-refractivity contribution >= 4 is 5.91 Å². The number of unbranched alkanes of at least 4 members (excludes halogenated alkanes) is 2. The topological polar surface area (TPSA) is 44.4 Å². The zero-order valence-electron chi connectivity index (χ0n) is 13.0. The van der Waals surface area contributed by atoms with E-state index in [9.17, 15) is 4.79 Å². The van der Waals surface area contributed by atoms with E-state index in [1.54, 1.807) is 0 Å². The van der Waals surface area contributed by atoms with Crippen LogP contribution in [0.3, 0.4) is 0 Å². The summed E-state index contributed by atoms with van der Waals surface area (Å²) in [5.41, 5.74) is 0.0523. The standard InChI is InChI=1S/C14H31N3O/c1-7-8-9-10-15-13(18)12(2)16-11-14(3,4)17(5)6/h12,16H,7-11H2,1-6H3,(H,15,18). The summed E-state index contributed by atoms with van der Waals surface area (Å²) in [6.07, 6.45) is 3.43. The average molecular weight is 257 g/mol. The van der Waals surface area contributed by atoms with Gasteiger partial charge in [-0.15, -0.1) is 0 Å². The summed E-state index contributed by atoms with van der Waals surface area (Å²) < 4.78 is 0. The Morgan fingerprint density at radius 2 is 1.89 bits per heavy atom. The maximum Gasteiger partial charge on any atom is 0.236 e. The molecule has 1 unspecified atom stereocenters. The lowest BCUT2D eigenvalue weighted by Gasteiger charge is -2.33. The van der Waals surface area contributed by atoms with Gasteiger partial charge in [-0.3, -0.25) is 4.79 Å². The molecule has 0 aliphatic heterocycles. The fraction of sp³-hybridized carbons (Fsp3) is 0.929. The van der Waals surface area contributed by atoms with Gasteiger partial charge in [0.25, 0.3) is 0 Å². The molecule has 0 heterocycles. The molecule has 0 fully saturated rings. The SMILES string of the molecule is CCCCCNC(=O)C(C)NCC(C)(C)N(C)C. The largest absolute Gasteiger partial charge is 0.355 e. The van der Waals surface area contributed by atoms with E-state index in [0.717, 1.165) is 19.5 Å². The molecule has 0 spiro atoms. The van der Waals surface area contributed by atoms with E-state index in [4.69, 9.17) is 0 Å². The van der Waals surface area contributed by atoms with Crippen LogP contribution in [-0.4, -0.2) is 49.6 Å². The number of nitrogens with one attached hydrogen (secondary N) is 2. The van der Waals surface area contributed by atoms with Crippen molar-refractivity contribution in [3.63, 3.8) is 0 Å². The fourth-order valence-corrected chi connectivity index (χ4v) is 1.39. The van der Waals surface area contributed by atoms with Crippen LogP contribution in [0.25, 0.3) is 0 Å². The molecule has 108 valence electrons. The molecule has 4 heteroatoms. The number of rotatable bonds is 9. The number of carbonyl (C=O) groups excluding carboxylic acids is 1. The normalized spacial score (nSPS) is 13.7. The summed E-state index contributed by atoms with van der Waals surface area (Å²) in [6, 6.07) is -0.133. The molecule has 2 N–H and O–H groups in total. The first kappa shape index (κ1) is 17.4. The van der Waals surface area contributed by atoms with Gasteiger partial charge in [-0.1, -0.05) is 19.8 Å². The smallest absolute Gasteiger partial charge is 0.236 e. The summed E-state index contributed by atoms with van der Waals surface area (Å²) in [5.74, 6) is 0.0978. The van der Waals surface area contributed by atoms with Crippen LogP contribution < -0.4 is 10.6 Å². The van der Waals surface area contributed by atoms with Crippen molar-refractivity contribution in [1.82, 2.24) is 15.5 Å². The predicted octanol–water partition coefficient (Wildman–Crippen LogP) is 1.61. The van der Waals surface area contributed by atoms with Gasteiger partial charge in [-0.05, 0) is 41.3 Å². The number of amides is 1. The van der Waals surface area contributed by atoms with Crippen molar-refractivity contribution in [3.05, 3.63) is 0 Å². The summed E-state index contributed by atoms with van der Waals surface area (Å²) in [7, 11) is 4.11. The molecular weight excluding hydrogens is 226 g/mol. The van der Waals surface area contributed by atoms with Crippen molar-refractivity contribution in [2.75, 3.05) is 27.2 Å². The minimum Gasteiger partial charge on any atom is -0.355 e. The second-order valence-corrected chi connectivity index (χ2v) is 5.81. The summed E-state index contributed by atoms with van der Waals surface area (Å²) in [4.78, 5) is 14.0. The Labute approximate surface area is 113 Å². The van der Waals surface area contributed by atoms with Gasteiger partial charge in [-0.2, -0.15) is 0 Å². The minimum absolute atomic E-state index is 0.0523. The van der Waals surface area contributed by atoms with Gasteiger partial charge in [0.15, 0.2) is 0 Å². The van der Waals surface area contributed by atoms with Gasteiger partial charge < -0.3 is 15.5 Å². The van der Waals surface area contributed by atoms with Gasteiger partial charge in [-0.25, -0.2) is 0 Å². The fourth-order valence-electron chi connectivity index (χ4n) is 1.39. The Balaban J connectivity index is 3.87. The van der Waals surface area contributed by atoms with Crippen molar-refractivity contribution in [2.45, 2.75) is 58.5 Å². The number of likely N-dealkylation sites (N-methyl/N-ethyl adjacent to an activating group) is 1. The molecule has 0 aliphatic rings. The molecule has 0 aliphatic carbocycles. The van der Waals surface area contributed by atoms with Crippen LogP contribution in [0.2, 0.25) is 0 Å². The molecule has 0 radical (unpaired) electrons. The monoisotopic (exact) mass is 257 g/mol. The summed E-state index contributed by atoms with van der Waals surface area (Å²) in [5, 5.41) is 6.26. The third-order valence-electron chi connectivity index (χ3n) is 3.52. The second kappa shape index (κ2) is 8.48. The molecule has 0 saturated carbocycles. The molecule has 0 aromatic rings. The van der Waals surface area contributed by atoms with Gasteiger partial charge >= 0.3 is 0 Å². The molecule has 0 aromatic carbocycles. The molecule has 0 rings (SSSR count). The Morgan fingerprint density at radius 3 is 2.39 bits per heavy atom. The zero-order valence-corrected chi connectivity index (χ0v) is 13.0. The van der Waals surface area contributed by atoms with Crippen LogP contribution >= 0.6 is 0 Å². The van der Waals surface area contributed by atoms with Crippen LogP contribution in [0.15, 0.2) is 0 Å². The van der Waals surface area contributed by atoms with Crippen molar-refractivity contribution in [2.24, 2.45) is 0 Å². The summed E-state index contributed by atoms with van der Waals surface area (Å²) >= 11 is 0. The predicted molar refractivity (Wildman–Crippen MR) is 77.8 cm³/mol. The lowest BCUT2D eigenvalue weighted by molar-refractivity contribution is -0.122. The van der Waals surface area contributed by atoms with Crippen LogP contribution in [0.1, 0.15) is 47.0 Å². The van der Waals surface area contributed by atoms with E-state index < -0.39 is 0 Å². The minimum atomic E-state index is -0.133. The van der Waals surface area contributed by atoms with E-state index in [0.29, 0.717) is 0 Å². The highest BCUT2D eigenvalue weighted by molar-refractivity contribution is 5.81. The molecule has 0 saturated heterocycles. The van der Waals surface area contributed by atoms with Crippen LogP contribution in [0.5, 0.6) is 0 Å². The van der Waals surface area contributed by atoms with E-state index in [-0.39, 0.29) is 17.5 Å². The third-order valence-corrected chi connectivity index (χ3v) is 3.52. The van der Waals surface area contributed by atoms with Gasteiger partial charge in [0, 0.05) is 18.6 Å². The lowest BCUT2D eigenvalue weighted by atomic mass is 10.0. The number of carbonyl (C=O) groups is 1. The Morgan fingerprint density at radius 1 is 1.28 bits per heavy atom. The first-order valence-corrected chi connectivity index (χ1v) is 6.99. The summed E-state index contributed by atoms with van der Waals surface area (Å²) in [6.45, 7) is 9.98. The van der Waals surface area contributed by atoms with E-state index in [1.807, 2.05) is 6.92 Å². The molecule has 18 heavy (non-hydrogen) atoms. The van der Waals surface area contributed by atoms with Crippen molar-refractivity contribution in [3.8, 4) is 0 Å². The van der Waals surface area contributed by atoms with Crippen molar-refractivity contribution < 1.29 is 4.79 Å². The maximum atomic E-state index is 11.8. The maximum absolute atomic E-state index is 11.8. The van der Waals surface area contributed by atoms with Gasteiger partial charge in [0.05, 0.1) is 6.04 Å². The Kier molecular flexibility index (Phi) is 8.20.